The zero-order valence-corrected chi connectivity index (χ0v) is 20.0. The van der Waals surface area contributed by atoms with E-state index in [1.165, 1.54) is 11.8 Å². The Balaban J connectivity index is 1.56. The second-order valence-electron chi connectivity index (χ2n) is 7.54. The van der Waals surface area contributed by atoms with E-state index in [-0.39, 0.29) is 23.6 Å². The largest absolute Gasteiger partial charge is 0.510 e. The third-order valence-corrected chi connectivity index (χ3v) is 6.15. The van der Waals surface area contributed by atoms with Crippen molar-refractivity contribution in [2.45, 2.75) is 18.6 Å². The number of thioether (sulfide) groups is 1. The topological polar surface area (TPSA) is 100 Å². The highest BCUT2D eigenvalue weighted by Crippen LogP contribution is 2.30. The molecule has 0 saturated carbocycles. The fourth-order valence-electron chi connectivity index (χ4n) is 3.53. The molecule has 0 aliphatic rings. The molecule has 4 aromatic rings. The first kappa shape index (κ1) is 23.9. The summed E-state index contributed by atoms with van der Waals surface area (Å²) in [7, 11) is 0. The van der Waals surface area contributed by atoms with Gasteiger partial charge in [0.2, 0.25) is 0 Å². The highest BCUT2D eigenvalue weighted by molar-refractivity contribution is 7.99. The number of benzene rings is 3. The van der Waals surface area contributed by atoms with Gasteiger partial charge in [0.1, 0.15) is 17.6 Å². The first-order valence-corrected chi connectivity index (χ1v) is 12.1. The number of aliphatic hydroxyl groups excluding tert-OH is 1. The number of hydrogen-bond donors (Lipinski definition) is 2. The molecule has 8 heteroatoms. The first-order chi connectivity index (χ1) is 17.1. The third kappa shape index (κ3) is 5.65. The maximum Gasteiger partial charge on any atom is 0.265 e. The highest BCUT2D eigenvalue weighted by atomic mass is 32.2. The summed E-state index contributed by atoms with van der Waals surface area (Å²) >= 11 is 1.25. The van der Waals surface area contributed by atoms with Gasteiger partial charge in [-0.1, -0.05) is 54.2 Å². The molecule has 0 bridgehead atoms. The Morgan fingerprint density at radius 3 is 2.51 bits per heavy atom. The molecular formula is C27H24N4O3S. The average molecular weight is 485 g/mol. The summed E-state index contributed by atoms with van der Waals surface area (Å²) in [6.07, 6.45) is 0. The van der Waals surface area contributed by atoms with Crippen LogP contribution in [0.15, 0.2) is 95.4 Å². The van der Waals surface area contributed by atoms with Crippen molar-refractivity contribution >= 4 is 28.7 Å². The molecule has 0 spiro atoms. The van der Waals surface area contributed by atoms with Crippen molar-refractivity contribution in [3.63, 3.8) is 0 Å². The molecule has 1 amide bonds. The van der Waals surface area contributed by atoms with Crippen LogP contribution in [0, 0.1) is 11.3 Å². The molecule has 176 valence electrons. The van der Waals surface area contributed by atoms with Gasteiger partial charge >= 0.3 is 0 Å². The van der Waals surface area contributed by atoms with Gasteiger partial charge in [-0.05, 0) is 48.9 Å². The maximum absolute atomic E-state index is 12.5. The first-order valence-electron chi connectivity index (χ1n) is 11.1. The molecule has 2 N–H and O–H groups in total. The molecule has 0 fully saturated rings. The van der Waals surface area contributed by atoms with Gasteiger partial charge in [-0.25, -0.2) is 4.98 Å². The molecule has 4 rings (SSSR count). The van der Waals surface area contributed by atoms with Crippen LogP contribution in [0.25, 0.3) is 16.7 Å². The molecule has 0 atom stereocenters. The number of imidazole rings is 1. The summed E-state index contributed by atoms with van der Waals surface area (Å²) in [5.74, 6) is -0.124. The minimum Gasteiger partial charge on any atom is -0.510 e. The molecule has 1 aromatic heterocycles. The second-order valence-corrected chi connectivity index (χ2v) is 8.48. The van der Waals surface area contributed by atoms with Crippen LogP contribution >= 0.6 is 11.8 Å². The predicted molar refractivity (Wildman–Crippen MR) is 137 cm³/mol. The molecule has 0 unspecified atom stereocenters. The third-order valence-electron chi connectivity index (χ3n) is 5.20. The Morgan fingerprint density at radius 1 is 1.09 bits per heavy atom. The van der Waals surface area contributed by atoms with Crippen molar-refractivity contribution in [1.82, 2.24) is 14.9 Å². The van der Waals surface area contributed by atoms with E-state index in [1.807, 2.05) is 96.4 Å². The molecule has 3 aromatic carbocycles. The Hall–Kier alpha value is -4.22. The molecule has 7 nitrogen and oxygen atoms in total. The van der Waals surface area contributed by atoms with Crippen LogP contribution in [0.3, 0.4) is 0 Å². The lowest BCUT2D eigenvalue weighted by Crippen LogP contribution is -2.25. The van der Waals surface area contributed by atoms with E-state index in [1.54, 1.807) is 0 Å². The summed E-state index contributed by atoms with van der Waals surface area (Å²) in [4.78, 5) is 17.2. The van der Waals surface area contributed by atoms with Gasteiger partial charge in [0, 0.05) is 12.2 Å². The number of fused-ring (bicyclic) bond motifs is 1. The van der Waals surface area contributed by atoms with E-state index in [4.69, 9.17) is 9.72 Å². The van der Waals surface area contributed by atoms with Crippen molar-refractivity contribution in [2.75, 3.05) is 12.4 Å². The minimum atomic E-state index is -0.616. The Kier molecular flexibility index (Phi) is 7.70. The zero-order chi connectivity index (χ0) is 24.6. The van der Waals surface area contributed by atoms with Gasteiger partial charge in [-0.15, -0.1) is 0 Å². The van der Waals surface area contributed by atoms with E-state index in [9.17, 15) is 15.2 Å². The summed E-state index contributed by atoms with van der Waals surface area (Å²) in [6.45, 7) is 2.78. The number of carbonyl (C=O) groups is 1. The highest BCUT2D eigenvalue weighted by Gasteiger charge is 2.18. The van der Waals surface area contributed by atoms with E-state index in [0.29, 0.717) is 11.8 Å². The maximum atomic E-state index is 12.5. The molecular weight excluding hydrogens is 460 g/mol. The van der Waals surface area contributed by atoms with E-state index < -0.39 is 5.91 Å². The van der Waals surface area contributed by atoms with Gasteiger partial charge in [-0.2, -0.15) is 5.26 Å². The number of nitrogens with zero attached hydrogens (tertiary/aromatic N) is 3. The number of carbonyl (C=O) groups excluding carboxylic acids is 1. The van der Waals surface area contributed by atoms with Crippen molar-refractivity contribution in [2.24, 2.45) is 0 Å². The van der Waals surface area contributed by atoms with E-state index >= 15 is 0 Å². The number of aliphatic hydroxyl groups is 1. The van der Waals surface area contributed by atoms with Gasteiger partial charge < -0.3 is 15.2 Å². The number of rotatable bonds is 9. The summed E-state index contributed by atoms with van der Waals surface area (Å²) in [5, 5.41) is 23.4. The quantitative estimate of drug-likeness (QED) is 0.147. The molecule has 0 aliphatic heterocycles. The fraction of sp³-hybridized carbons (Fsp3) is 0.148. The molecule has 35 heavy (non-hydrogen) atoms. The number of nitrogens with one attached hydrogen (secondary N) is 1. The predicted octanol–water partition coefficient (Wildman–Crippen LogP) is 5.17. The van der Waals surface area contributed by atoms with E-state index in [2.05, 4.69) is 5.32 Å². The minimum absolute atomic E-state index is 0.0159. The molecule has 0 aliphatic carbocycles. The zero-order valence-electron chi connectivity index (χ0n) is 19.1. The van der Waals surface area contributed by atoms with Crippen LogP contribution in [0.1, 0.15) is 12.5 Å². The lowest BCUT2D eigenvalue weighted by Gasteiger charge is -2.11. The van der Waals surface area contributed by atoms with Crippen LogP contribution in [0.4, 0.5) is 0 Å². The van der Waals surface area contributed by atoms with Crippen molar-refractivity contribution in [3.05, 3.63) is 95.8 Å². The number of ether oxygens (including phenoxy) is 1. The van der Waals surface area contributed by atoms with Gasteiger partial charge in [0.25, 0.3) is 5.91 Å². The molecule has 0 saturated heterocycles. The number of amides is 1. The molecule has 1 heterocycles. The number of nitriles is 1. The van der Waals surface area contributed by atoms with Gasteiger partial charge in [0.15, 0.2) is 10.7 Å². The summed E-state index contributed by atoms with van der Waals surface area (Å²) < 4.78 is 7.52. The normalized spacial score (nSPS) is 11.5. The average Bonchev–Trinajstić information content (AvgIpc) is 3.26. The Bertz CT molecular complexity index is 1390. The lowest BCUT2D eigenvalue weighted by atomic mass is 10.2. The summed E-state index contributed by atoms with van der Waals surface area (Å²) in [6, 6.07) is 26.6. The van der Waals surface area contributed by atoms with E-state index in [0.717, 1.165) is 28.0 Å². The number of para-hydroxylation sites is 2. The Morgan fingerprint density at radius 2 is 1.80 bits per heavy atom. The molecule has 0 radical (unpaired) electrons. The van der Waals surface area contributed by atoms with Crippen molar-refractivity contribution < 1.29 is 14.6 Å². The second kappa shape index (κ2) is 11.3. The van der Waals surface area contributed by atoms with Gasteiger partial charge in [-0.3, -0.25) is 9.36 Å². The van der Waals surface area contributed by atoms with Crippen LogP contribution in [0.5, 0.6) is 5.75 Å². The van der Waals surface area contributed by atoms with Crippen molar-refractivity contribution in [3.8, 4) is 17.5 Å². The van der Waals surface area contributed by atoms with Gasteiger partial charge in [0.05, 0.1) is 23.4 Å². The van der Waals surface area contributed by atoms with Crippen molar-refractivity contribution in [1.29, 1.82) is 5.26 Å². The monoisotopic (exact) mass is 484 g/mol. The van der Waals surface area contributed by atoms with Crippen LogP contribution < -0.4 is 10.1 Å². The number of aromatic nitrogens is 2. The SMILES string of the molecule is CCOc1ccc(-n2c(SC/C(O)=C(\C#N)C(=O)NCc3ccccc3)nc3ccccc32)cc1. The summed E-state index contributed by atoms with van der Waals surface area (Å²) in [5.41, 5.74) is 3.18. The van der Waals surface area contributed by atoms with Crippen LogP contribution in [-0.4, -0.2) is 32.9 Å². The number of hydrogen-bond acceptors (Lipinski definition) is 6. The standard InChI is InChI=1S/C27H24N4O3S/c1-2-34-21-14-12-20(13-15-21)31-24-11-7-6-10-23(24)30-27(31)35-18-25(32)22(16-28)26(33)29-17-19-8-4-3-5-9-19/h3-15,32H,2,17-18H2,1H3,(H,29,33)/b25-22-. The smallest absolute Gasteiger partial charge is 0.265 e. The van der Waals surface area contributed by atoms with Crippen LogP contribution in [0.2, 0.25) is 0 Å². The lowest BCUT2D eigenvalue weighted by molar-refractivity contribution is -0.117. The Labute approximate surface area is 207 Å². The fourth-order valence-corrected chi connectivity index (χ4v) is 4.43. The van der Waals surface area contributed by atoms with Crippen LogP contribution in [-0.2, 0) is 11.3 Å².